The highest BCUT2D eigenvalue weighted by Gasteiger charge is 2.13. The van der Waals surface area contributed by atoms with E-state index in [1.54, 1.807) is 0 Å². The van der Waals surface area contributed by atoms with Crippen molar-refractivity contribution in [2.75, 3.05) is 5.73 Å². The average molecular weight is 202 g/mol. The second-order valence-electron chi connectivity index (χ2n) is 2.69. The summed E-state index contributed by atoms with van der Waals surface area (Å²) < 4.78 is 24.6. The zero-order chi connectivity index (χ0) is 10.7. The van der Waals surface area contributed by atoms with Crippen LogP contribution in [-0.2, 0) is 11.2 Å². The molecule has 1 aromatic rings. The molecule has 3 N–H and O–H groups in total. The fourth-order valence-corrected chi connectivity index (χ4v) is 0.984. The predicted octanol–water partition coefficient (Wildman–Crippen LogP) is 1.23. The lowest BCUT2D eigenvalue weighted by molar-refractivity contribution is -0.136. The van der Waals surface area contributed by atoms with Crippen LogP contribution >= 0.6 is 0 Å². The minimum atomic E-state index is -2.74. The SMILES string of the molecule is Nc1ncc(CC(=O)O)cc1C(F)F. The highest BCUT2D eigenvalue weighted by Crippen LogP contribution is 2.24. The fourth-order valence-electron chi connectivity index (χ4n) is 0.984. The number of hydrogen-bond acceptors (Lipinski definition) is 3. The van der Waals surface area contributed by atoms with E-state index in [1.807, 2.05) is 0 Å². The van der Waals surface area contributed by atoms with Gasteiger partial charge in [0.1, 0.15) is 5.82 Å². The van der Waals surface area contributed by atoms with Gasteiger partial charge in [-0.3, -0.25) is 4.79 Å². The van der Waals surface area contributed by atoms with Crippen LogP contribution in [0.1, 0.15) is 17.6 Å². The summed E-state index contributed by atoms with van der Waals surface area (Å²) >= 11 is 0. The van der Waals surface area contributed by atoms with Gasteiger partial charge >= 0.3 is 5.97 Å². The second kappa shape index (κ2) is 3.99. The number of aliphatic carboxylic acids is 1. The number of nitrogens with two attached hydrogens (primary N) is 1. The van der Waals surface area contributed by atoms with Crippen molar-refractivity contribution in [3.05, 3.63) is 23.4 Å². The summed E-state index contributed by atoms with van der Waals surface area (Å²) in [7, 11) is 0. The standard InChI is InChI=1S/C8H8F2N2O2/c9-7(10)5-1-4(2-6(13)14)3-12-8(5)11/h1,3,7H,2H2,(H2,11,12)(H,13,14). The summed E-state index contributed by atoms with van der Waals surface area (Å²) in [5, 5.41) is 8.42. The Kier molecular flexibility index (Phi) is 2.95. The zero-order valence-corrected chi connectivity index (χ0v) is 7.08. The summed E-state index contributed by atoms with van der Waals surface area (Å²) in [5.41, 5.74) is 4.97. The van der Waals surface area contributed by atoms with E-state index < -0.39 is 18.0 Å². The van der Waals surface area contributed by atoms with Gasteiger partial charge in [-0.1, -0.05) is 0 Å². The molecule has 0 aliphatic rings. The van der Waals surface area contributed by atoms with Gasteiger partial charge in [0.25, 0.3) is 6.43 Å². The minimum absolute atomic E-state index is 0.210. The Morgan fingerprint density at radius 3 is 2.79 bits per heavy atom. The van der Waals surface area contributed by atoms with Crippen LogP contribution in [0.5, 0.6) is 0 Å². The highest BCUT2D eigenvalue weighted by molar-refractivity contribution is 5.70. The molecule has 6 heteroatoms. The van der Waals surface area contributed by atoms with Crippen LogP contribution < -0.4 is 5.73 Å². The molecule has 0 aliphatic carbocycles. The lowest BCUT2D eigenvalue weighted by Gasteiger charge is -2.05. The number of alkyl halides is 2. The van der Waals surface area contributed by atoms with Crippen LogP contribution in [0.25, 0.3) is 0 Å². The van der Waals surface area contributed by atoms with Crippen LogP contribution in [0.4, 0.5) is 14.6 Å². The molecule has 0 saturated carbocycles. The predicted molar refractivity (Wildman–Crippen MR) is 44.9 cm³/mol. The number of rotatable bonds is 3. The molecule has 14 heavy (non-hydrogen) atoms. The topological polar surface area (TPSA) is 76.2 Å². The molecule has 0 fully saturated rings. The van der Waals surface area contributed by atoms with E-state index in [-0.39, 0.29) is 17.8 Å². The van der Waals surface area contributed by atoms with Crippen molar-refractivity contribution in [2.45, 2.75) is 12.8 Å². The highest BCUT2D eigenvalue weighted by atomic mass is 19.3. The molecule has 0 spiro atoms. The number of anilines is 1. The van der Waals surface area contributed by atoms with Crippen molar-refractivity contribution in [1.29, 1.82) is 0 Å². The van der Waals surface area contributed by atoms with Crippen molar-refractivity contribution in [2.24, 2.45) is 0 Å². The van der Waals surface area contributed by atoms with Gasteiger partial charge in [0.15, 0.2) is 0 Å². The van der Waals surface area contributed by atoms with E-state index in [0.717, 1.165) is 6.07 Å². The molecule has 0 aromatic carbocycles. The van der Waals surface area contributed by atoms with E-state index in [1.165, 1.54) is 6.20 Å². The number of carboxylic acids is 1. The first kappa shape index (κ1) is 10.4. The minimum Gasteiger partial charge on any atom is -0.481 e. The van der Waals surface area contributed by atoms with Crippen molar-refractivity contribution in [1.82, 2.24) is 4.98 Å². The second-order valence-corrected chi connectivity index (χ2v) is 2.69. The summed E-state index contributed by atoms with van der Waals surface area (Å²) in [6.45, 7) is 0. The van der Waals surface area contributed by atoms with Crippen molar-refractivity contribution in [3.63, 3.8) is 0 Å². The first-order chi connectivity index (χ1) is 6.50. The Morgan fingerprint density at radius 2 is 2.29 bits per heavy atom. The normalized spacial score (nSPS) is 10.5. The average Bonchev–Trinajstić information content (AvgIpc) is 2.07. The molecule has 1 aromatic heterocycles. The van der Waals surface area contributed by atoms with Gasteiger partial charge in [-0.25, -0.2) is 13.8 Å². The number of aromatic nitrogens is 1. The Bertz CT molecular complexity index is 355. The largest absolute Gasteiger partial charge is 0.481 e. The van der Waals surface area contributed by atoms with E-state index in [9.17, 15) is 13.6 Å². The summed E-state index contributed by atoms with van der Waals surface area (Å²) in [5.74, 6) is -1.37. The van der Waals surface area contributed by atoms with Crippen LogP contribution in [0.2, 0.25) is 0 Å². The monoisotopic (exact) mass is 202 g/mol. The van der Waals surface area contributed by atoms with Gasteiger partial charge in [-0.2, -0.15) is 0 Å². The Morgan fingerprint density at radius 1 is 1.64 bits per heavy atom. The smallest absolute Gasteiger partial charge is 0.307 e. The molecule has 1 heterocycles. The van der Waals surface area contributed by atoms with Gasteiger partial charge in [-0.05, 0) is 11.6 Å². The van der Waals surface area contributed by atoms with Crippen LogP contribution in [0.15, 0.2) is 12.3 Å². The van der Waals surface area contributed by atoms with Gasteiger partial charge in [-0.15, -0.1) is 0 Å². The number of carboxylic acid groups (broad SMARTS) is 1. The molecule has 1 rings (SSSR count). The number of pyridine rings is 1. The van der Waals surface area contributed by atoms with Gasteiger partial charge in [0.2, 0.25) is 0 Å². The maximum Gasteiger partial charge on any atom is 0.307 e. The number of carbonyl (C=O) groups is 1. The summed E-state index contributed by atoms with van der Waals surface area (Å²) in [4.78, 5) is 13.8. The van der Waals surface area contributed by atoms with Crippen molar-refractivity contribution < 1.29 is 18.7 Å². The first-order valence-electron chi connectivity index (χ1n) is 3.75. The fraction of sp³-hybridized carbons (Fsp3) is 0.250. The maximum atomic E-state index is 12.3. The number of nitrogen functional groups attached to an aromatic ring is 1. The van der Waals surface area contributed by atoms with E-state index in [2.05, 4.69) is 4.98 Å². The molecule has 0 unspecified atom stereocenters. The van der Waals surface area contributed by atoms with E-state index in [0.29, 0.717) is 0 Å². The molecule has 0 amide bonds. The Hall–Kier alpha value is -1.72. The van der Waals surface area contributed by atoms with Gasteiger partial charge in [0, 0.05) is 6.20 Å². The molecule has 0 saturated heterocycles. The molecule has 4 nitrogen and oxygen atoms in total. The molecule has 0 radical (unpaired) electrons. The quantitative estimate of drug-likeness (QED) is 0.772. The molecule has 76 valence electrons. The third-order valence-electron chi connectivity index (χ3n) is 1.60. The summed E-state index contributed by atoms with van der Waals surface area (Å²) in [6.07, 6.45) is -1.90. The van der Waals surface area contributed by atoms with Gasteiger partial charge in [0.05, 0.1) is 12.0 Å². The summed E-state index contributed by atoms with van der Waals surface area (Å²) in [6, 6.07) is 1.06. The lowest BCUT2D eigenvalue weighted by Crippen LogP contribution is -2.04. The van der Waals surface area contributed by atoms with Crippen LogP contribution in [0, 0.1) is 0 Å². The number of nitrogens with zero attached hydrogens (tertiary/aromatic N) is 1. The molecule has 0 atom stereocenters. The van der Waals surface area contributed by atoms with Crippen molar-refractivity contribution >= 4 is 11.8 Å². The molecular formula is C8H8F2N2O2. The molecule has 0 aliphatic heterocycles. The number of hydrogen-bond donors (Lipinski definition) is 2. The molecular weight excluding hydrogens is 194 g/mol. The van der Waals surface area contributed by atoms with Gasteiger partial charge < -0.3 is 10.8 Å². The third-order valence-corrected chi connectivity index (χ3v) is 1.60. The van der Waals surface area contributed by atoms with E-state index >= 15 is 0 Å². The van der Waals surface area contributed by atoms with Crippen LogP contribution in [-0.4, -0.2) is 16.1 Å². The molecule has 0 bridgehead atoms. The zero-order valence-electron chi connectivity index (χ0n) is 7.08. The van der Waals surface area contributed by atoms with Crippen LogP contribution in [0.3, 0.4) is 0 Å². The lowest BCUT2D eigenvalue weighted by atomic mass is 10.1. The van der Waals surface area contributed by atoms with Crippen molar-refractivity contribution in [3.8, 4) is 0 Å². The number of halogens is 2. The Balaban J connectivity index is 3.00. The first-order valence-corrected chi connectivity index (χ1v) is 3.75. The van der Waals surface area contributed by atoms with E-state index in [4.69, 9.17) is 10.8 Å². The third kappa shape index (κ3) is 2.38. The Labute approximate surface area is 78.4 Å². The maximum absolute atomic E-state index is 12.3.